The molecule has 0 unspecified atom stereocenters. The van der Waals surface area contributed by atoms with Crippen LogP contribution in [0.3, 0.4) is 0 Å². The highest BCUT2D eigenvalue weighted by atomic mass is 79.9. The Hall–Kier alpha value is -6.28. The van der Waals surface area contributed by atoms with Gasteiger partial charge in [0.05, 0.1) is 32.8 Å². The molecule has 0 bridgehead atoms. The quantitative estimate of drug-likeness (QED) is 0.0877. The molecule has 8 rings (SSSR count). The van der Waals surface area contributed by atoms with Gasteiger partial charge < -0.3 is 10.0 Å². The SMILES string of the molecule is CN(C)c1c([N+](=O)[O-])cc(N2C(=O)[C@H]3[C@H](CC=C4[C@H]3C[C@H]3C(=O)C(c5ccccc5)=CC(=O)[C@@]3(c3ccccc3)[C@H]4c3cc(Br)ccc3O)C2=O)cc1[N+](=O)[O-]. The van der Waals surface area contributed by atoms with E-state index < -0.39 is 68.0 Å². The summed E-state index contributed by atoms with van der Waals surface area (Å²) in [5.41, 5.74) is -1.25. The second-order valence-corrected chi connectivity index (χ2v) is 15.7. The number of benzene rings is 4. The maximum atomic E-state index is 15.2. The summed E-state index contributed by atoms with van der Waals surface area (Å²) in [6.07, 6.45) is 3.22. The number of allylic oxidation sites excluding steroid dienone is 4. The number of nitro groups is 2. The largest absolute Gasteiger partial charge is 0.508 e. The number of rotatable bonds is 7. The van der Waals surface area contributed by atoms with E-state index in [1.54, 1.807) is 72.8 Å². The first-order valence-electron chi connectivity index (χ1n) is 17.9. The van der Waals surface area contributed by atoms with Gasteiger partial charge in [0.2, 0.25) is 11.8 Å². The first kappa shape index (κ1) is 36.7. The van der Waals surface area contributed by atoms with E-state index in [1.165, 1.54) is 31.1 Å². The lowest BCUT2D eigenvalue weighted by Crippen LogP contribution is -2.58. The Morgan fingerprint density at radius 2 is 1.46 bits per heavy atom. The number of hydrogen-bond acceptors (Lipinski definition) is 10. The van der Waals surface area contributed by atoms with Crippen LogP contribution in [0.25, 0.3) is 5.57 Å². The Balaban J connectivity index is 1.34. The minimum Gasteiger partial charge on any atom is -0.508 e. The number of Topliss-reactive ketones (excluding diaryl/α,β-unsaturated/α-hetero) is 1. The van der Waals surface area contributed by atoms with Crippen LogP contribution in [0.1, 0.15) is 35.4 Å². The third kappa shape index (κ3) is 5.34. The van der Waals surface area contributed by atoms with Crippen LogP contribution < -0.4 is 9.80 Å². The molecule has 1 heterocycles. The van der Waals surface area contributed by atoms with E-state index in [-0.39, 0.29) is 47.1 Å². The van der Waals surface area contributed by atoms with E-state index in [1.807, 2.05) is 6.08 Å². The fourth-order valence-corrected chi connectivity index (χ4v) is 10.1. The minimum atomic E-state index is -1.57. The van der Waals surface area contributed by atoms with Crippen molar-refractivity contribution in [3.05, 3.63) is 150 Å². The number of carbonyl (C=O) groups is 4. The van der Waals surface area contributed by atoms with Gasteiger partial charge in [-0.3, -0.25) is 39.4 Å². The summed E-state index contributed by atoms with van der Waals surface area (Å²) in [6, 6.07) is 24.6. The molecule has 1 saturated carbocycles. The van der Waals surface area contributed by atoms with Gasteiger partial charge in [-0.2, -0.15) is 0 Å². The van der Waals surface area contributed by atoms with E-state index in [4.69, 9.17) is 0 Å². The van der Waals surface area contributed by atoms with Crippen LogP contribution in [0.15, 0.2) is 113 Å². The number of carbonyl (C=O) groups excluding carboxylic acids is 4. The van der Waals surface area contributed by atoms with Gasteiger partial charge in [0.25, 0.3) is 0 Å². The standard InChI is InChI=1S/C42H33BrN4O9/c1-44(2)38-32(46(53)54)18-25(19-33(38)47(55)56)45-40(51)27-15-14-26-29(36(27)41(45)52)20-31-39(50)28(22-9-5-3-6-10-22)21-35(49)42(31,23-11-7-4-8-12-23)37(26)30-17-24(43)13-16-34(30)48/h3-14,16-19,21,27,29,31,36-37,48H,15,20H2,1-2H3/t27-,29+,31-,36-,37+,42-/m0/s1. The number of aromatic hydroxyl groups is 1. The average molecular weight is 818 g/mol. The van der Waals surface area contributed by atoms with Crippen molar-refractivity contribution in [1.82, 2.24) is 0 Å². The molecule has 2 amide bonds. The first-order chi connectivity index (χ1) is 26.8. The van der Waals surface area contributed by atoms with E-state index >= 15 is 9.59 Å². The van der Waals surface area contributed by atoms with Gasteiger partial charge >= 0.3 is 11.4 Å². The zero-order chi connectivity index (χ0) is 39.8. The summed E-state index contributed by atoms with van der Waals surface area (Å²) < 4.78 is 0.597. The van der Waals surface area contributed by atoms with E-state index in [0.29, 0.717) is 26.7 Å². The number of phenolic OH excluding ortho intramolecular Hbond substituents is 1. The van der Waals surface area contributed by atoms with Crippen LogP contribution in [0.4, 0.5) is 22.7 Å². The maximum absolute atomic E-state index is 15.2. The highest BCUT2D eigenvalue weighted by Crippen LogP contribution is 2.64. The number of hydrogen-bond donors (Lipinski definition) is 1. The fraction of sp³-hybridized carbons (Fsp3) is 0.238. The van der Waals surface area contributed by atoms with Crippen molar-refractivity contribution in [3.8, 4) is 5.75 Å². The molecule has 4 aromatic rings. The Morgan fingerprint density at radius 3 is 2.07 bits per heavy atom. The topological polar surface area (TPSA) is 181 Å². The number of halogens is 1. The molecule has 1 saturated heterocycles. The average Bonchev–Trinajstić information content (AvgIpc) is 3.45. The number of nitrogens with zero attached hydrogens (tertiary/aromatic N) is 4. The van der Waals surface area contributed by atoms with Gasteiger partial charge in [-0.1, -0.05) is 88.2 Å². The first-order valence-corrected chi connectivity index (χ1v) is 18.7. The molecule has 2 fully saturated rings. The molecule has 13 nitrogen and oxygen atoms in total. The van der Waals surface area contributed by atoms with Gasteiger partial charge in [-0.25, -0.2) is 4.90 Å². The van der Waals surface area contributed by atoms with Crippen LogP contribution in [-0.2, 0) is 24.6 Å². The van der Waals surface area contributed by atoms with Crippen LogP contribution in [0, 0.1) is 43.9 Å². The predicted molar refractivity (Wildman–Crippen MR) is 209 cm³/mol. The fourth-order valence-electron chi connectivity index (χ4n) is 9.69. The molecule has 14 heteroatoms. The summed E-state index contributed by atoms with van der Waals surface area (Å²) >= 11 is 3.52. The number of phenols is 1. The maximum Gasteiger partial charge on any atom is 0.301 e. The van der Waals surface area contributed by atoms with Crippen LogP contribution in [0.5, 0.6) is 5.75 Å². The van der Waals surface area contributed by atoms with Crippen LogP contribution in [-0.4, -0.2) is 52.4 Å². The van der Waals surface area contributed by atoms with Gasteiger partial charge in [0.1, 0.15) is 5.75 Å². The van der Waals surface area contributed by atoms with Gasteiger partial charge in [-0.05, 0) is 54.2 Å². The van der Waals surface area contributed by atoms with E-state index in [2.05, 4.69) is 15.9 Å². The third-order valence-corrected chi connectivity index (χ3v) is 12.3. The molecule has 1 N–H and O–H groups in total. The normalized spacial score (nSPS) is 25.5. The van der Waals surface area contributed by atoms with Gasteiger partial charge in [0, 0.05) is 53.7 Å². The van der Waals surface area contributed by atoms with Crippen molar-refractivity contribution in [2.24, 2.45) is 23.7 Å². The zero-order valence-corrected chi connectivity index (χ0v) is 31.6. The van der Waals surface area contributed by atoms with Crippen molar-refractivity contribution >= 4 is 67.6 Å². The molecule has 1 aliphatic heterocycles. The van der Waals surface area contributed by atoms with Crippen LogP contribution in [0.2, 0.25) is 0 Å². The molecule has 0 radical (unpaired) electrons. The second-order valence-electron chi connectivity index (χ2n) is 14.7. The number of amides is 2. The van der Waals surface area contributed by atoms with Crippen LogP contribution >= 0.6 is 15.9 Å². The third-order valence-electron chi connectivity index (χ3n) is 11.8. The van der Waals surface area contributed by atoms with Crippen molar-refractivity contribution in [2.75, 3.05) is 23.9 Å². The van der Waals surface area contributed by atoms with Crippen molar-refractivity contribution in [1.29, 1.82) is 0 Å². The lowest BCUT2D eigenvalue weighted by atomic mass is 9.44. The van der Waals surface area contributed by atoms with Crippen molar-refractivity contribution in [3.63, 3.8) is 0 Å². The summed E-state index contributed by atoms with van der Waals surface area (Å²) in [7, 11) is 2.83. The molecule has 282 valence electrons. The summed E-state index contributed by atoms with van der Waals surface area (Å²) in [6.45, 7) is 0. The number of nitro benzene ring substituents is 2. The molecular weight excluding hydrogens is 784 g/mol. The van der Waals surface area contributed by atoms with Gasteiger partial charge in [-0.15, -0.1) is 0 Å². The molecule has 4 aromatic carbocycles. The lowest BCUT2D eigenvalue weighted by Gasteiger charge is -2.55. The Labute approximate surface area is 328 Å². The molecular formula is C42H33BrN4O9. The molecule has 0 spiro atoms. The summed E-state index contributed by atoms with van der Waals surface area (Å²) in [5, 5.41) is 36.0. The van der Waals surface area contributed by atoms with Crippen molar-refractivity contribution < 1.29 is 34.1 Å². The number of imide groups is 1. The monoisotopic (exact) mass is 816 g/mol. The molecule has 0 aromatic heterocycles. The Morgan fingerprint density at radius 1 is 0.839 bits per heavy atom. The van der Waals surface area contributed by atoms with Crippen molar-refractivity contribution in [2.45, 2.75) is 24.2 Å². The smallest absolute Gasteiger partial charge is 0.301 e. The summed E-state index contributed by atoms with van der Waals surface area (Å²) in [4.78, 5) is 84.3. The van der Waals surface area contributed by atoms with E-state index in [0.717, 1.165) is 17.0 Å². The number of fused-ring (bicyclic) bond motifs is 4. The van der Waals surface area contributed by atoms with E-state index in [9.17, 15) is 34.9 Å². The Kier molecular flexibility index (Phi) is 8.83. The Bertz CT molecular complexity index is 2430. The lowest BCUT2D eigenvalue weighted by molar-refractivity contribution is -0.392. The zero-order valence-electron chi connectivity index (χ0n) is 30.0. The molecule has 56 heavy (non-hydrogen) atoms. The molecule has 6 atom stereocenters. The predicted octanol–water partition coefficient (Wildman–Crippen LogP) is 7.07. The molecule has 4 aliphatic rings. The highest BCUT2D eigenvalue weighted by molar-refractivity contribution is 9.10. The molecule has 3 aliphatic carbocycles. The minimum absolute atomic E-state index is 0.0192. The number of anilines is 2. The highest BCUT2D eigenvalue weighted by Gasteiger charge is 2.66. The number of ketones is 2. The second kappa shape index (κ2) is 13.5. The van der Waals surface area contributed by atoms with Gasteiger partial charge in [0.15, 0.2) is 17.3 Å². The summed E-state index contributed by atoms with van der Waals surface area (Å²) in [5.74, 6) is -7.15.